The molecule has 20 heavy (non-hydrogen) atoms. The van der Waals surface area contributed by atoms with Gasteiger partial charge in [0.2, 0.25) is 5.91 Å². The first-order valence-electron chi connectivity index (χ1n) is 7.27. The van der Waals surface area contributed by atoms with Gasteiger partial charge in [0.15, 0.2) is 0 Å². The third kappa shape index (κ3) is 6.57. The van der Waals surface area contributed by atoms with Crippen molar-refractivity contribution in [1.29, 1.82) is 0 Å². The number of nitrogens with two attached hydrogens (primary N) is 1. The summed E-state index contributed by atoms with van der Waals surface area (Å²) < 4.78 is 5.64. The molecule has 0 unspecified atom stereocenters. The van der Waals surface area contributed by atoms with Crippen LogP contribution >= 0.6 is 0 Å². The van der Waals surface area contributed by atoms with Gasteiger partial charge >= 0.3 is 0 Å². The number of hydrogen-bond donors (Lipinski definition) is 1. The molecule has 0 bridgehead atoms. The highest BCUT2D eigenvalue weighted by Crippen LogP contribution is 2.12. The van der Waals surface area contributed by atoms with Crippen LogP contribution in [0.3, 0.4) is 0 Å². The molecule has 1 aromatic rings. The number of hydrogen-bond acceptors (Lipinski definition) is 3. The molecule has 0 atom stereocenters. The molecule has 0 aromatic heterocycles. The molecule has 4 nitrogen and oxygen atoms in total. The summed E-state index contributed by atoms with van der Waals surface area (Å²) in [5.41, 5.74) is 6.60. The Hall–Kier alpha value is -1.55. The smallest absolute Gasteiger partial charge is 0.222 e. The summed E-state index contributed by atoms with van der Waals surface area (Å²) >= 11 is 0. The molecule has 112 valence electrons. The van der Waals surface area contributed by atoms with Crippen LogP contribution < -0.4 is 10.5 Å². The Kier molecular flexibility index (Phi) is 7.73. The number of amides is 1. The van der Waals surface area contributed by atoms with Crippen molar-refractivity contribution in [1.82, 2.24) is 4.90 Å². The predicted octanol–water partition coefficient (Wildman–Crippen LogP) is 2.35. The largest absolute Gasteiger partial charge is 0.492 e. The lowest BCUT2D eigenvalue weighted by Gasteiger charge is -2.17. The monoisotopic (exact) mass is 278 g/mol. The zero-order valence-electron chi connectivity index (χ0n) is 12.6. The molecule has 0 aliphatic rings. The van der Waals surface area contributed by atoms with Crippen molar-refractivity contribution in [2.75, 3.05) is 26.7 Å². The van der Waals surface area contributed by atoms with Crippen LogP contribution in [-0.2, 0) is 4.79 Å². The highest BCUT2D eigenvalue weighted by Gasteiger charge is 2.08. The van der Waals surface area contributed by atoms with E-state index in [0.717, 1.165) is 25.0 Å². The van der Waals surface area contributed by atoms with E-state index in [2.05, 4.69) is 0 Å². The van der Waals surface area contributed by atoms with Gasteiger partial charge in [0.05, 0.1) is 6.54 Å². The number of aryl methyl sites for hydroxylation is 1. The molecule has 0 aliphatic carbocycles. The van der Waals surface area contributed by atoms with Crippen molar-refractivity contribution in [3.63, 3.8) is 0 Å². The van der Waals surface area contributed by atoms with Gasteiger partial charge in [-0.3, -0.25) is 4.79 Å². The average molecular weight is 278 g/mol. The van der Waals surface area contributed by atoms with Crippen molar-refractivity contribution in [2.45, 2.75) is 32.6 Å². The summed E-state index contributed by atoms with van der Waals surface area (Å²) in [6.07, 6.45) is 3.53. The molecule has 0 saturated heterocycles. The Bertz CT molecular complexity index is 407. The van der Waals surface area contributed by atoms with E-state index in [-0.39, 0.29) is 5.91 Å². The molecular weight excluding hydrogens is 252 g/mol. The van der Waals surface area contributed by atoms with Crippen molar-refractivity contribution >= 4 is 5.91 Å². The topological polar surface area (TPSA) is 55.6 Å². The molecule has 0 saturated carbocycles. The van der Waals surface area contributed by atoms with Gasteiger partial charge in [0, 0.05) is 13.5 Å². The second-order valence-corrected chi connectivity index (χ2v) is 5.08. The molecule has 0 spiro atoms. The number of carbonyl (C=O) groups is 1. The number of carbonyl (C=O) groups excluding carboxylic acids is 1. The minimum atomic E-state index is 0.176. The second kappa shape index (κ2) is 9.37. The lowest BCUT2D eigenvalue weighted by molar-refractivity contribution is -0.130. The highest BCUT2D eigenvalue weighted by atomic mass is 16.5. The van der Waals surface area contributed by atoms with Gasteiger partial charge in [0.1, 0.15) is 12.4 Å². The summed E-state index contributed by atoms with van der Waals surface area (Å²) in [6.45, 7) is 3.87. The van der Waals surface area contributed by atoms with Gasteiger partial charge in [-0.2, -0.15) is 0 Å². The van der Waals surface area contributed by atoms with Gasteiger partial charge in [0.25, 0.3) is 0 Å². The number of unbranched alkanes of at least 4 members (excludes halogenated alkanes) is 2. The molecule has 0 fully saturated rings. The van der Waals surface area contributed by atoms with E-state index in [0.29, 0.717) is 26.1 Å². The summed E-state index contributed by atoms with van der Waals surface area (Å²) in [5.74, 6) is 1.03. The molecule has 0 radical (unpaired) electrons. The maximum Gasteiger partial charge on any atom is 0.222 e. The van der Waals surface area contributed by atoms with Crippen LogP contribution in [0.2, 0.25) is 0 Å². The van der Waals surface area contributed by atoms with Crippen molar-refractivity contribution < 1.29 is 9.53 Å². The number of benzene rings is 1. The number of nitrogens with zero attached hydrogens (tertiary/aromatic N) is 1. The van der Waals surface area contributed by atoms with Gasteiger partial charge in [-0.15, -0.1) is 0 Å². The minimum absolute atomic E-state index is 0.176. The normalized spacial score (nSPS) is 10.3. The van der Waals surface area contributed by atoms with E-state index < -0.39 is 0 Å². The standard InChI is InChI=1S/C16H26N2O2/c1-14-7-6-8-15(13-14)20-12-11-18(2)16(19)9-4-3-5-10-17/h6-8,13H,3-5,9-12,17H2,1-2H3. The summed E-state index contributed by atoms with van der Waals surface area (Å²) in [5, 5.41) is 0. The number of ether oxygens (including phenoxy) is 1. The van der Waals surface area contributed by atoms with E-state index >= 15 is 0 Å². The first kappa shape index (κ1) is 16.5. The maximum absolute atomic E-state index is 11.8. The average Bonchev–Trinajstić information content (AvgIpc) is 2.43. The summed E-state index contributed by atoms with van der Waals surface area (Å²) in [7, 11) is 1.82. The third-order valence-electron chi connectivity index (χ3n) is 3.21. The van der Waals surface area contributed by atoms with Crippen molar-refractivity contribution in [3.05, 3.63) is 29.8 Å². The van der Waals surface area contributed by atoms with Gasteiger partial charge in [-0.1, -0.05) is 18.6 Å². The quantitative estimate of drug-likeness (QED) is 0.705. The zero-order chi connectivity index (χ0) is 14.8. The minimum Gasteiger partial charge on any atom is -0.492 e. The SMILES string of the molecule is Cc1cccc(OCCN(C)C(=O)CCCCCN)c1. The van der Waals surface area contributed by atoms with E-state index in [9.17, 15) is 4.79 Å². The van der Waals surface area contributed by atoms with Crippen LogP contribution in [-0.4, -0.2) is 37.6 Å². The lowest BCUT2D eigenvalue weighted by Crippen LogP contribution is -2.30. The van der Waals surface area contributed by atoms with E-state index in [1.54, 1.807) is 4.90 Å². The fourth-order valence-electron chi connectivity index (χ4n) is 1.92. The van der Waals surface area contributed by atoms with Crippen LogP contribution in [0.5, 0.6) is 5.75 Å². The maximum atomic E-state index is 11.8. The van der Waals surface area contributed by atoms with Crippen LogP contribution in [0.15, 0.2) is 24.3 Å². The highest BCUT2D eigenvalue weighted by molar-refractivity contribution is 5.75. The molecule has 1 amide bonds. The molecule has 1 aromatic carbocycles. The number of likely N-dealkylation sites (N-methyl/N-ethyl adjacent to an activating group) is 1. The molecule has 2 N–H and O–H groups in total. The van der Waals surface area contributed by atoms with Crippen LogP contribution in [0.4, 0.5) is 0 Å². The molecule has 4 heteroatoms. The Morgan fingerprint density at radius 3 is 2.80 bits per heavy atom. The predicted molar refractivity (Wildman–Crippen MR) is 81.8 cm³/mol. The van der Waals surface area contributed by atoms with Crippen molar-refractivity contribution in [3.8, 4) is 5.75 Å². The Labute approximate surface area is 121 Å². The number of rotatable bonds is 9. The van der Waals surface area contributed by atoms with Gasteiger partial charge < -0.3 is 15.4 Å². The Morgan fingerprint density at radius 2 is 2.10 bits per heavy atom. The third-order valence-corrected chi connectivity index (χ3v) is 3.21. The summed E-state index contributed by atoms with van der Waals surface area (Å²) in [6, 6.07) is 7.93. The first-order valence-corrected chi connectivity index (χ1v) is 7.27. The summed E-state index contributed by atoms with van der Waals surface area (Å²) in [4.78, 5) is 13.6. The zero-order valence-corrected chi connectivity index (χ0v) is 12.6. The Balaban J connectivity index is 2.18. The van der Waals surface area contributed by atoms with Crippen molar-refractivity contribution in [2.24, 2.45) is 5.73 Å². The molecular formula is C16H26N2O2. The van der Waals surface area contributed by atoms with Crippen LogP contribution in [0.1, 0.15) is 31.2 Å². The fourth-order valence-corrected chi connectivity index (χ4v) is 1.92. The van der Waals surface area contributed by atoms with Gasteiger partial charge in [-0.25, -0.2) is 0 Å². The van der Waals surface area contributed by atoms with E-state index in [1.807, 2.05) is 38.2 Å². The second-order valence-electron chi connectivity index (χ2n) is 5.08. The molecule has 0 heterocycles. The Morgan fingerprint density at radius 1 is 1.30 bits per heavy atom. The van der Waals surface area contributed by atoms with E-state index in [4.69, 9.17) is 10.5 Å². The lowest BCUT2D eigenvalue weighted by atomic mass is 10.2. The van der Waals surface area contributed by atoms with Crippen LogP contribution in [0.25, 0.3) is 0 Å². The fraction of sp³-hybridized carbons (Fsp3) is 0.562. The van der Waals surface area contributed by atoms with Gasteiger partial charge in [-0.05, 0) is 44.0 Å². The van der Waals surface area contributed by atoms with Crippen LogP contribution in [0, 0.1) is 6.92 Å². The molecule has 0 aliphatic heterocycles. The first-order chi connectivity index (χ1) is 9.63. The van der Waals surface area contributed by atoms with E-state index in [1.165, 1.54) is 5.56 Å². The molecule has 1 rings (SSSR count).